The zero-order valence-corrected chi connectivity index (χ0v) is 13.9. The summed E-state index contributed by atoms with van der Waals surface area (Å²) in [4.78, 5) is 0. The van der Waals surface area contributed by atoms with Crippen molar-refractivity contribution >= 4 is 39.8 Å². The molecule has 3 aromatic rings. The summed E-state index contributed by atoms with van der Waals surface area (Å²) in [6.07, 6.45) is 3.62. The number of hydrogen-bond acceptors (Lipinski definition) is 5. The fourth-order valence-electron chi connectivity index (χ4n) is 1.97. The van der Waals surface area contributed by atoms with Crippen LogP contribution in [-0.2, 0) is 0 Å². The molecule has 0 saturated heterocycles. The van der Waals surface area contributed by atoms with Gasteiger partial charge in [-0.05, 0) is 36.4 Å². The molecule has 3 rings (SSSR count). The molecule has 1 heterocycles. The highest BCUT2D eigenvalue weighted by Crippen LogP contribution is 2.21. The van der Waals surface area contributed by atoms with E-state index in [-0.39, 0.29) is 0 Å². The van der Waals surface area contributed by atoms with Gasteiger partial charge in [-0.15, -0.1) is 5.10 Å². The summed E-state index contributed by atoms with van der Waals surface area (Å²) in [6.45, 7) is 0. The van der Waals surface area contributed by atoms with Gasteiger partial charge in [0.05, 0.1) is 7.11 Å². The van der Waals surface area contributed by atoms with Crippen LogP contribution in [0.15, 0.2) is 57.4 Å². The maximum Gasteiger partial charge on any atom is 0.320 e. The van der Waals surface area contributed by atoms with E-state index in [0.717, 1.165) is 21.5 Å². The first-order valence-electron chi connectivity index (χ1n) is 6.92. The molecule has 0 radical (unpaired) electrons. The van der Waals surface area contributed by atoms with Crippen LogP contribution >= 0.6 is 15.9 Å². The van der Waals surface area contributed by atoms with Gasteiger partial charge in [0.25, 0.3) is 0 Å². The van der Waals surface area contributed by atoms with Gasteiger partial charge in [-0.1, -0.05) is 39.2 Å². The van der Waals surface area contributed by atoms with Crippen LogP contribution in [0.2, 0.25) is 0 Å². The fraction of sp³-hybridized carbons (Fsp3) is 0.0588. The second-order valence-corrected chi connectivity index (χ2v) is 5.57. The van der Waals surface area contributed by atoms with Crippen molar-refractivity contribution in [3.05, 3.63) is 64.5 Å². The Morgan fingerprint density at radius 3 is 2.61 bits per heavy atom. The maximum atomic E-state index is 5.54. The van der Waals surface area contributed by atoms with Crippen LogP contribution in [0.5, 0.6) is 5.75 Å². The van der Waals surface area contributed by atoms with Gasteiger partial charge in [0.1, 0.15) is 5.75 Å². The molecule has 0 aliphatic rings. The lowest BCUT2D eigenvalue weighted by Gasteiger charge is -2.02. The smallest absolute Gasteiger partial charge is 0.320 e. The number of benzene rings is 2. The molecule has 0 fully saturated rings. The molecule has 0 spiro atoms. The van der Waals surface area contributed by atoms with Gasteiger partial charge >= 0.3 is 6.01 Å². The monoisotopic (exact) mass is 371 g/mol. The van der Waals surface area contributed by atoms with Crippen LogP contribution in [0.4, 0.5) is 11.7 Å². The zero-order chi connectivity index (χ0) is 16.1. The standard InChI is InChI=1S/C17H14BrN3O2/c1-22-15-5-3-2-4-12(15)6-11-16-20-21-17(23-16)19-14-9-7-13(18)8-10-14/h2-11H,1H3,(H,19,21)/b11-6+. The minimum absolute atomic E-state index is 0.340. The maximum absolute atomic E-state index is 5.54. The number of nitrogens with zero attached hydrogens (tertiary/aromatic N) is 2. The van der Waals surface area contributed by atoms with E-state index in [1.807, 2.05) is 54.6 Å². The highest BCUT2D eigenvalue weighted by Gasteiger charge is 2.04. The van der Waals surface area contributed by atoms with Crippen molar-refractivity contribution in [3.63, 3.8) is 0 Å². The van der Waals surface area contributed by atoms with Crippen LogP contribution in [-0.4, -0.2) is 17.3 Å². The Kier molecular flexibility index (Phi) is 4.73. The molecule has 5 nitrogen and oxygen atoms in total. The highest BCUT2D eigenvalue weighted by atomic mass is 79.9. The summed E-state index contributed by atoms with van der Waals surface area (Å²) in [7, 11) is 1.64. The largest absolute Gasteiger partial charge is 0.496 e. The summed E-state index contributed by atoms with van der Waals surface area (Å²) >= 11 is 3.39. The molecule has 0 saturated carbocycles. The first-order valence-corrected chi connectivity index (χ1v) is 7.71. The van der Waals surface area contributed by atoms with Crippen molar-refractivity contribution in [2.45, 2.75) is 0 Å². The number of halogens is 1. The van der Waals surface area contributed by atoms with Crippen molar-refractivity contribution < 1.29 is 9.15 Å². The van der Waals surface area contributed by atoms with Crippen molar-refractivity contribution in [2.24, 2.45) is 0 Å². The van der Waals surface area contributed by atoms with Gasteiger partial charge in [-0.25, -0.2) is 0 Å². The fourth-order valence-corrected chi connectivity index (χ4v) is 2.24. The molecule has 23 heavy (non-hydrogen) atoms. The Labute approximate surface area is 142 Å². The SMILES string of the molecule is COc1ccccc1/C=C/c1nnc(Nc2ccc(Br)cc2)o1. The molecular formula is C17H14BrN3O2. The summed E-state index contributed by atoms with van der Waals surface area (Å²) in [5, 5.41) is 11.0. The van der Waals surface area contributed by atoms with Crippen LogP contribution in [0.3, 0.4) is 0 Å². The Bertz CT molecular complexity index is 813. The Morgan fingerprint density at radius 1 is 1.04 bits per heavy atom. The number of nitrogens with one attached hydrogen (secondary N) is 1. The zero-order valence-electron chi connectivity index (χ0n) is 12.4. The number of aromatic nitrogens is 2. The minimum atomic E-state index is 0.340. The number of ether oxygens (including phenoxy) is 1. The van der Waals surface area contributed by atoms with Crippen LogP contribution in [0.25, 0.3) is 12.2 Å². The minimum Gasteiger partial charge on any atom is -0.496 e. The number of anilines is 2. The first kappa shape index (κ1) is 15.3. The van der Waals surface area contributed by atoms with Gasteiger partial charge in [0, 0.05) is 21.8 Å². The van der Waals surface area contributed by atoms with E-state index in [1.54, 1.807) is 13.2 Å². The molecule has 0 unspecified atom stereocenters. The molecule has 1 aromatic heterocycles. The van der Waals surface area contributed by atoms with E-state index in [2.05, 4.69) is 31.4 Å². The number of methoxy groups -OCH3 is 1. The molecule has 1 N–H and O–H groups in total. The number of hydrogen-bond donors (Lipinski definition) is 1. The summed E-state index contributed by atoms with van der Waals surface area (Å²) in [6, 6.07) is 15.7. The van der Waals surface area contributed by atoms with E-state index in [4.69, 9.17) is 9.15 Å². The topological polar surface area (TPSA) is 60.2 Å². The third-order valence-corrected chi connectivity index (χ3v) is 3.61. The lowest BCUT2D eigenvalue weighted by atomic mass is 10.2. The second kappa shape index (κ2) is 7.11. The third kappa shape index (κ3) is 3.98. The van der Waals surface area contributed by atoms with Crippen LogP contribution < -0.4 is 10.1 Å². The van der Waals surface area contributed by atoms with Gasteiger partial charge in [0.15, 0.2) is 0 Å². The average Bonchev–Trinajstić information content (AvgIpc) is 3.03. The molecule has 0 aliphatic carbocycles. The highest BCUT2D eigenvalue weighted by molar-refractivity contribution is 9.10. The van der Waals surface area contributed by atoms with Gasteiger partial charge in [0.2, 0.25) is 5.89 Å². The van der Waals surface area contributed by atoms with Crippen LogP contribution in [0.1, 0.15) is 11.5 Å². The molecule has 116 valence electrons. The molecule has 0 aliphatic heterocycles. The van der Waals surface area contributed by atoms with Gasteiger partial charge in [-0.3, -0.25) is 0 Å². The van der Waals surface area contributed by atoms with Gasteiger partial charge in [-0.2, -0.15) is 0 Å². The van der Waals surface area contributed by atoms with E-state index < -0.39 is 0 Å². The number of para-hydroxylation sites is 1. The lowest BCUT2D eigenvalue weighted by Crippen LogP contribution is -1.89. The quantitative estimate of drug-likeness (QED) is 0.700. The average molecular weight is 372 g/mol. The van der Waals surface area contributed by atoms with E-state index in [1.165, 1.54) is 0 Å². The molecule has 6 heteroatoms. The Morgan fingerprint density at radius 2 is 1.83 bits per heavy atom. The Hall–Kier alpha value is -2.60. The molecule has 0 atom stereocenters. The summed E-state index contributed by atoms with van der Waals surface area (Å²) < 4.78 is 11.8. The third-order valence-electron chi connectivity index (χ3n) is 3.08. The Balaban J connectivity index is 1.72. The summed E-state index contributed by atoms with van der Waals surface area (Å²) in [5.74, 6) is 1.20. The number of rotatable bonds is 5. The molecular weight excluding hydrogens is 358 g/mol. The van der Waals surface area contributed by atoms with Crippen molar-refractivity contribution in [2.75, 3.05) is 12.4 Å². The molecule has 2 aromatic carbocycles. The molecule has 0 amide bonds. The van der Waals surface area contributed by atoms with E-state index in [0.29, 0.717) is 11.9 Å². The normalized spacial score (nSPS) is 10.9. The van der Waals surface area contributed by atoms with Crippen molar-refractivity contribution in [1.82, 2.24) is 10.2 Å². The van der Waals surface area contributed by atoms with Gasteiger partial charge < -0.3 is 14.5 Å². The van der Waals surface area contributed by atoms with Crippen molar-refractivity contribution in [1.29, 1.82) is 0 Å². The summed E-state index contributed by atoms with van der Waals surface area (Å²) in [5.41, 5.74) is 1.81. The second-order valence-electron chi connectivity index (χ2n) is 4.65. The van der Waals surface area contributed by atoms with E-state index in [9.17, 15) is 0 Å². The molecule has 0 bridgehead atoms. The van der Waals surface area contributed by atoms with Crippen LogP contribution in [0, 0.1) is 0 Å². The van der Waals surface area contributed by atoms with E-state index >= 15 is 0 Å². The van der Waals surface area contributed by atoms with Crippen molar-refractivity contribution in [3.8, 4) is 5.75 Å². The lowest BCUT2D eigenvalue weighted by molar-refractivity contribution is 0.414. The predicted octanol–water partition coefficient (Wildman–Crippen LogP) is 4.75. The first-order chi connectivity index (χ1) is 11.2. The predicted molar refractivity (Wildman–Crippen MR) is 93.6 cm³/mol.